The molecule has 1 atom stereocenters. The van der Waals surface area contributed by atoms with Crippen molar-refractivity contribution in [3.8, 4) is 0 Å². The second-order valence-corrected chi connectivity index (χ2v) is 5.57. The zero-order chi connectivity index (χ0) is 14.0. The zero-order valence-corrected chi connectivity index (χ0v) is 12.9. The lowest BCUT2D eigenvalue weighted by molar-refractivity contribution is 0.573. The van der Waals surface area contributed by atoms with E-state index in [9.17, 15) is 4.39 Å². The molecule has 0 aliphatic heterocycles. The lowest BCUT2D eigenvalue weighted by Gasteiger charge is -2.21. The zero-order valence-electron chi connectivity index (χ0n) is 11.3. The van der Waals surface area contributed by atoms with Crippen LogP contribution in [0.1, 0.15) is 28.3 Å². The third-order valence-corrected chi connectivity index (χ3v) is 4.00. The van der Waals surface area contributed by atoms with Gasteiger partial charge in [-0.3, -0.25) is 0 Å². The van der Waals surface area contributed by atoms with Crippen LogP contribution in [0.4, 0.5) is 4.39 Å². The summed E-state index contributed by atoms with van der Waals surface area (Å²) in [5.74, 6) is -0.200. The maximum atomic E-state index is 14.1. The maximum Gasteiger partial charge on any atom is 0.129 e. The van der Waals surface area contributed by atoms with Gasteiger partial charge >= 0.3 is 0 Å². The number of rotatable bonds is 3. The van der Waals surface area contributed by atoms with Gasteiger partial charge in [-0.05, 0) is 44.2 Å². The molecule has 1 N–H and O–H groups in total. The summed E-state index contributed by atoms with van der Waals surface area (Å²) in [6.07, 6.45) is 0. The highest BCUT2D eigenvalue weighted by molar-refractivity contribution is 9.10. The van der Waals surface area contributed by atoms with Crippen molar-refractivity contribution in [2.24, 2.45) is 0 Å². The minimum atomic E-state index is -0.200. The van der Waals surface area contributed by atoms with E-state index in [-0.39, 0.29) is 11.9 Å². The molecule has 100 valence electrons. The number of nitrogens with one attached hydrogen (secondary N) is 1. The molecule has 1 nitrogen and oxygen atoms in total. The van der Waals surface area contributed by atoms with Crippen molar-refractivity contribution < 1.29 is 4.39 Å². The van der Waals surface area contributed by atoms with E-state index in [0.29, 0.717) is 5.56 Å². The van der Waals surface area contributed by atoms with Gasteiger partial charge in [0.05, 0.1) is 6.04 Å². The second-order valence-electron chi connectivity index (χ2n) is 4.72. The van der Waals surface area contributed by atoms with Gasteiger partial charge in [-0.25, -0.2) is 4.39 Å². The molecule has 3 heteroatoms. The molecule has 0 aromatic heterocycles. The largest absolute Gasteiger partial charge is 0.309 e. The van der Waals surface area contributed by atoms with Crippen molar-refractivity contribution in [1.29, 1.82) is 0 Å². The average Bonchev–Trinajstić information content (AvgIpc) is 2.35. The van der Waals surface area contributed by atoms with Crippen molar-refractivity contribution >= 4 is 15.9 Å². The van der Waals surface area contributed by atoms with E-state index < -0.39 is 0 Å². The summed E-state index contributed by atoms with van der Waals surface area (Å²) >= 11 is 3.44. The molecule has 0 aliphatic carbocycles. The van der Waals surface area contributed by atoms with Crippen molar-refractivity contribution in [2.45, 2.75) is 19.9 Å². The Balaban J connectivity index is 2.56. The summed E-state index contributed by atoms with van der Waals surface area (Å²) in [6, 6.07) is 11.1. The monoisotopic (exact) mass is 321 g/mol. The highest BCUT2D eigenvalue weighted by Gasteiger charge is 2.20. The van der Waals surface area contributed by atoms with E-state index in [1.54, 1.807) is 6.07 Å². The fourth-order valence-electron chi connectivity index (χ4n) is 2.39. The van der Waals surface area contributed by atoms with Crippen LogP contribution in [0, 0.1) is 19.7 Å². The minimum absolute atomic E-state index is 0.156. The fraction of sp³-hybridized carbons (Fsp3) is 0.250. The molecule has 0 aliphatic rings. The predicted molar refractivity (Wildman–Crippen MR) is 80.9 cm³/mol. The minimum Gasteiger partial charge on any atom is -0.309 e. The van der Waals surface area contributed by atoms with E-state index in [0.717, 1.165) is 15.6 Å². The fourth-order valence-corrected chi connectivity index (χ4v) is 2.96. The lowest BCUT2D eigenvalue weighted by Crippen LogP contribution is -2.20. The first-order chi connectivity index (χ1) is 9.04. The molecule has 0 saturated carbocycles. The van der Waals surface area contributed by atoms with Crippen LogP contribution in [-0.2, 0) is 0 Å². The molecule has 0 saturated heterocycles. The van der Waals surface area contributed by atoms with Crippen LogP contribution < -0.4 is 5.32 Å². The highest BCUT2D eigenvalue weighted by Crippen LogP contribution is 2.32. The Hall–Kier alpha value is -1.19. The SMILES string of the molecule is CNC(c1ccc(C)cc1C)c1c(F)cccc1Br. The number of aryl methyl sites for hydroxylation is 2. The van der Waals surface area contributed by atoms with Crippen molar-refractivity contribution in [3.63, 3.8) is 0 Å². The molecule has 1 unspecified atom stereocenters. The Labute approximate surface area is 122 Å². The van der Waals surface area contributed by atoms with Gasteiger partial charge in [-0.15, -0.1) is 0 Å². The molecular formula is C16H17BrFN. The van der Waals surface area contributed by atoms with E-state index in [1.165, 1.54) is 11.6 Å². The second kappa shape index (κ2) is 5.85. The molecule has 0 heterocycles. The van der Waals surface area contributed by atoms with Crippen LogP contribution in [0.3, 0.4) is 0 Å². The summed E-state index contributed by atoms with van der Waals surface area (Å²) in [7, 11) is 1.85. The third kappa shape index (κ3) is 2.88. The number of halogens is 2. The van der Waals surface area contributed by atoms with Gasteiger partial charge < -0.3 is 5.32 Å². The standard InChI is InChI=1S/C16H17BrFN/c1-10-7-8-12(11(2)9-10)16(19-3)15-13(17)5-4-6-14(15)18/h4-9,16,19H,1-3H3. The van der Waals surface area contributed by atoms with E-state index >= 15 is 0 Å². The summed E-state index contributed by atoms with van der Waals surface area (Å²) in [5, 5.41) is 3.21. The first kappa shape index (κ1) is 14.2. The number of hydrogen-bond acceptors (Lipinski definition) is 1. The van der Waals surface area contributed by atoms with E-state index in [1.807, 2.05) is 13.1 Å². The molecule has 2 aromatic rings. The summed E-state index contributed by atoms with van der Waals surface area (Å²) in [4.78, 5) is 0. The Morgan fingerprint density at radius 2 is 1.89 bits per heavy atom. The Morgan fingerprint density at radius 3 is 2.47 bits per heavy atom. The van der Waals surface area contributed by atoms with Crippen molar-refractivity contribution in [1.82, 2.24) is 5.32 Å². The molecule has 2 aromatic carbocycles. The third-order valence-electron chi connectivity index (χ3n) is 3.31. The highest BCUT2D eigenvalue weighted by atomic mass is 79.9. The topological polar surface area (TPSA) is 12.0 Å². The molecule has 0 bridgehead atoms. The molecule has 0 amide bonds. The summed E-state index contributed by atoms with van der Waals surface area (Å²) < 4.78 is 14.9. The van der Waals surface area contributed by atoms with E-state index in [4.69, 9.17) is 0 Å². The first-order valence-corrected chi connectivity index (χ1v) is 7.02. The smallest absolute Gasteiger partial charge is 0.129 e. The van der Waals surface area contributed by atoms with Crippen molar-refractivity contribution in [3.05, 3.63) is 68.9 Å². The summed E-state index contributed by atoms with van der Waals surface area (Å²) in [5.41, 5.74) is 4.12. The van der Waals surface area contributed by atoms with Gasteiger partial charge in [-0.2, -0.15) is 0 Å². The number of benzene rings is 2. The normalized spacial score (nSPS) is 12.5. The molecule has 19 heavy (non-hydrogen) atoms. The van der Waals surface area contributed by atoms with Crippen LogP contribution in [0.5, 0.6) is 0 Å². The van der Waals surface area contributed by atoms with E-state index in [2.05, 4.69) is 53.3 Å². The average molecular weight is 322 g/mol. The van der Waals surface area contributed by atoms with Gasteiger partial charge in [0.25, 0.3) is 0 Å². The molecule has 0 spiro atoms. The molecule has 2 rings (SSSR count). The summed E-state index contributed by atoms with van der Waals surface area (Å²) in [6.45, 7) is 4.12. The van der Waals surface area contributed by atoms with Gasteiger partial charge in [0.15, 0.2) is 0 Å². The first-order valence-electron chi connectivity index (χ1n) is 6.23. The quantitative estimate of drug-likeness (QED) is 0.876. The molecule has 0 radical (unpaired) electrons. The Kier molecular flexibility index (Phi) is 4.38. The predicted octanol–water partition coefficient (Wildman–Crippen LogP) is 4.51. The van der Waals surface area contributed by atoms with Crippen LogP contribution in [0.2, 0.25) is 0 Å². The Morgan fingerprint density at radius 1 is 1.16 bits per heavy atom. The van der Waals surface area contributed by atoms with Gasteiger partial charge in [0, 0.05) is 10.0 Å². The molecule has 0 fully saturated rings. The van der Waals surface area contributed by atoms with Gasteiger partial charge in [-0.1, -0.05) is 45.8 Å². The van der Waals surface area contributed by atoms with Crippen LogP contribution >= 0.6 is 15.9 Å². The molecular weight excluding hydrogens is 305 g/mol. The van der Waals surface area contributed by atoms with Gasteiger partial charge in [0.2, 0.25) is 0 Å². The van der Waals surface area contributed by atoms with Crippen LogP contribution in [0.25, 0.3) is 0 Å². The van der Waals surface area contributed by atoms with Gasteiger partial charge in [0.1, 0.15) is 5.82 Å². The van der Waals surface area contributed by atoms with Crippen LogP contribution in [0.15, 0.2) is 40.9 Å². The van der Waals surface area contributed by atoms with Crippen LogP contribution in [-0.4, -0.2) is 7.05 Å². The lowest BCUT2D eigenvalue weighted by atomic mass is 9.93. The maximum absolute atomic E-state index is 14.1. The number of hydrogen-bond donors (Lipinski definition) is 1. The Bertz CT molecular complexity index is 575. The van der Waals surface area contributed by atoms with Crippen molar-refractivity contribution in [2.75, 3.05) is 7.05 Å².